The van der Waals surface area contributed by atoms with Crippen LogP contribution in [0, 0.1) is 0 Å². The Kier molecular flexibility index (Phi) is 5.22. The summed E-state index contributed by atoms with van der Waals surface area (Å²) in [4.78, 5) is 4.73. The second-order valence-electron chi connectivity index (χ2n) is 5.55. The number of rotatable bonds is 7. The third kappa shape index (κ3) is 3.88. The molecule has 0 fully saturated rings. The molecule has 0 aliphatic rings. The molecule has 0 aliphatic heterocycles. The molecule has 0 spiro atoms. The number of unbranched alkanes of at least 4 members (excludes halogenated alkanes) is 1. The summed E-state index contributed by atoms with van der Waals surface area (Å²) >= 11 is 0. The second-order valence-corrected chi connectivity index (χ2v) is 5.55. The monoisotopic (exact) mass is 306 g/mol. The Morgan fingerprint density at radius 3 is 2.22 bits per heavy atom. The average Bonchev–Trinajstić information content (AvgIpc) is 3.05. The van der Waals surface area contributed by atoms with Crippen molar-refractivity contribution in [2.45, 2.75) is 26.3 Å². The molecule has 3 nitrogen and oxygen atoms in total. The van der Waals surface area contributed by atoms with E-state index in [1.165, 1.54) is 6.42 Å². The van der Waals surface area contributed by atoms with E-state index in [4.69, 9.17) is 9.40 Å². The van der Waals surface area contributed by atoms with Crippen molar-refractivity contribution in [3.63, 3.8) is 0 Å². The van der Waals surface area contributed by atoms with Crippen LogP contribution in [0.25, 0.3) is 22.6 Å². The summed E-state index contributed by atoms with van der Waals surface area (Å²) in [5.74, 6) is 1.57. The van der Waals surface area contributed by atoms with Crippen LogP contribution in [0.15, 0.2) is 65.1 Å². The lowest BCUT2D eigenvalue weighted by molar-refractivity contribution is 0.475. The number of aromatic nitrogens is 1. The molecule has 0 saturated carbocycles. The molecule has 0 bridgehead atoms. The molecule has 3 rings (SSSR count). The summed E-state index contributed by atoms with van der Waals surface area (Å²) in [7, 11) is 0. The van der Waals surface area contributed by atoms with Gasteiger partial charge in [0.15, 0.2) is 5.76 Å². The zero-order valence-electron chi connectivity index (χ0n) is 13.5. The largest absolute Gasteiger partial charge is 0.439 e. The summed E-state index contributed by atoms with van der Waals surface area (Å²) in [5, 5.41) is 3.39. The van der Waals surface area contributed by atoms with Gasteiger partial charge in [-0.1, -0.05) is 74.0 Å². The van der Waals surface area contributed by atoms with E-state index in [-0.39, 0.29) is 0 Å². The summed E-state index contributed by atoms with van der Waals surface area (Å²) in [6.45, 7) is 3.83. The maximum absolute atomic E-state index is 6.06. The third-order valence-electron chi connectivity index (χ3n) is 3.74. The lowest BCUT2D eigenvalue weighted by Crippen LogP contribution is -2.14. The molecule has 1 N–H and O–H groups in total. The van der Waals surface area contributed by atoms with Gasteiger partial charge in [-0.3, -0.25) is 0 Å². The Bertz CT molecular complexity index is 663. The zero-order valence-corrected chi connectivity index (χ0v) is 13.5. The van der Waals surface area contributed by atoms with Gasteiger partial charge in [-0.25, -0.2) is 4.98 Å². The van der Waals surface area contributed by atoms with Crippen LogP contribution in [-0.4, -0.2) is 11.5 Å². The van der Waals surface area contributed by atoms with Crippen molar-refractivity contribution in [1.82, 2.24) is 10.3 Å². The van der Waals surface area contributed by atoms with Gasteiger partial charge < -0.3 is 9.73 Å². The first-order valence-electron chi connectivity index (χ1n) is 8.19. The van der Waals surface area contributed by atoms with Gasteiger partial charge in [0.2, 0.25) is 5.89 Å². The van der Waals surface area contributed by atoms with Crippen molar-refractivity contribution in [1.29, 1.82) is 0 Å². The predicted molar refractivity (Wildman–Crippen MR) is 94.0 cm³/mol. The van der Waals surface area contributed by atoms with E-state index in [2.05, 4.69) is 36.5 Å². The van der Waals surface area contributed by atoms with Crippen LogP contribution in [0.2, 0.25) is 0 Å². The Hall–Kier alpha value is -2.39. The van der Waals surface area contributed by atoms with Crippen molar-refractivity contribution in [2.24, 2.45) is 0 Å². The van der Waals surface area contributed by atoms with Crippen LogP contribution < -0.4 is 5.32 Å². The van der Waals surface area contributed by atoms with Gasteiger partial charge in [0.25, 0.3) is 0 Å². The molecule has 23 heavy (non-hydrogen) atoms. The van der Waals surface area contributed by atoms with Crippen molar-refractivity contribution in [2.75, 3.05) is 6.54 Å². The molecule has 1 heterocycles. The van der Waals surface area contributed by atoms with Crippen molar-refractivity contribution in [3.8, 4) is 22.6 Å². The minimum Gasteiger partial charge on any atom is -0.439 e. The molecular weight excluding hydrogens is 284 g/mol. The summed E-state index contributed by atoms with van der Waals surface area (Å²) in [6.07, 6.45) is 2.35. The molecule has 0 radical (unpaired) electrons. The number of nitrogens with zero attached hydrogens (tertiary/aromatic N) is 1. The number of benzene rings is 2. The van der Waals surface area contributed by atoms with Crippen molar-refractivity contribution >= 4 is 0 Å². The SMILES string of the molecule is CCCCNCc1nc(-c2ccccc2)c(-c2ccccc2)o1. The van der Waals surface area contributed by atoms with E-state index in [1.54, 1.807) is 0 Å². The summed E-state index contributed by atoms with van der Waals surface area (Å²) in [5.41, 5.74) is 3.04. The van der Waals surface area contributed by atoms with Crippen LogP contribution in [0.4, 0.5) is 0 Å². The summed E-state index contributed by atoms with van der Waals surface area (Å²) in [6, 6.07) is 20.4. The first-order chi connectivity index (χ1) is 11.4. The second kappa shape index (κ2) is 7.75. The highest BCUT2D eigenvalue weighted by Crippen LogP contribution is 2.32. The first kappa shape index (κ1) is 15.5. The topological polar surface area (TPSA) is 38.1 Å². The highest BCUT2D eigenvalue weighted by atomic mass is 16.4. The number of hydrogen-bond donors (Lipinski definition) is 1. The maximum Gasteiger partial charge on any atom is 0.209 e. The minimum absolute atomic E-state index is 0.659. The molecular formula is C20H22N2O. The fraction of sp³-hybridized carbons (Fsp3) is 0.250. The van der Waals surface area contributed by atoms with Gasteiger partial charge >= 0.3 is 0 Å². The highest BCUT2D eigenvalue weighted by molar-refractivity contribution is 5.76. The fourth-order valence-corrected chi connectivity index (χ4v) is 2.51. The Balaban J connectivity index is 1.91. The van der Waals surface area contributed by atoms with Crippen molar-refractivity contribution in [3.05, 3.63) is 66.6 Å². The molecule has 0 saturated heterocycles. The van der Waals surface area contributed by atoms with E-state index >= 15 is 0 Å². The number of nitrogens with one attached hydrogen (secondary N) is 1. The molecule has 1 aromatic heterocycles. The van der Waals surface area contributed by atoms with Gasteiger partial charge in [0, 0.05) is 11.1 Å². The minimum atomic E-state index is 0.659. The Labute approximate surface area is 137 Å². The molecule has 0 amide bonds. The van der Waals surface area contributed by atoms with Gasteiger partial charge in [-0.2, -0.15) is 0 Å². The first-order valence-corrected chi connectivity index (χ1v) is 8.19. The van der Waals surface area contributed by atoms with Crippen molar-refractivity contribution < 1.29 is 4.42 Å². The van der Waals surface area contributed by atoms with E-state index in [0.29, 0.717) is 6.54 Å². The highest BCUT2D eigenvalue weighted by Gasteiger charge is 2.16. The quantitative estimate of drug-likeness (QED) is 0.631. The molecule has 3 heteroatoms. The maximum atomic E-state index is 6.06. The van der Waals surface area contributed by atoms with E-state index in [9.17, 15) is 0 Å². The standard InChI is InChI=1S/C20H22N2O/c1-2-3-14-21-15-18-22-19(16-10-6-4-7-11-16)20(23-18)17-12-8-5-9-13-17/h4-13,21H,2-3,14-15H2,1H3. The van der Waals surface area contributed by atoms with Gasteiger partial charge in [0.1, 0.15) is 5.69 Å². The van der Waals surface area contributed by atoms with Crippen LogP contribution in [0.3, 0.4) is 0 Å². The molecule has 118 valence electrons. The van der Waals surface area contributed by atoms with E-state index < -0.39 is 0 Å². The predicted octanol–water partition coefficient (Wildman–Crippen LogP) is 4.90. The van der Waals surface area contributed by atoms with Crippen LogP contribution in [0.5, 0.6) is 0 Å². The molecule has 0 aliphatic carbocycles. The van der Waals surface area contributed by atoms with E-state index in [0.717, 1.165) is 41.4 Å². The Morgan fingerprint density at radius 2 is 1.57 bits per heavy atom. The lowest BCUT2D eigenvalue weighted by atomic mass is 10.1. The van der Waals surface area contributed by atoms with E-state index in [1.807, 2.05) is 36.4 Å². The lowest BCUT2D eigenvalue weighted by Gasteiger charge is -2.01. The number of oxazole rings is 1. The van der Waals surface area contributed by atoms with Gasteiger partial charge in [-0.05, 0) is 13.0 Å². The molecule has 2 aromatic carbocycles. The summed E-state index contributed by atoms with van der Waals surface area (Å²) < 4.78 is 6.06. The third-order valence-corrected chi connectivity index (χ3v) is 3.74. The number of hydrogen-bond acceptors (Lipinski definition) is 3. The zero-order chi connectivity index (χ0) is 15.9. The van der Waals surface area contributed by atoms with Crippen LogP contribution in [-0.2, 0) is 6.54 Å². The normalized spacial score (nSPS) is 10.8. The average molecular weight is 306 g/mol. The molecule has 0 unspecified atom stereocenters. The molecule has 0 atom stereocenters. The Morgan fingerprint density at radius 1 is 0.913 bits per heavy atom. The smallest absolute Gasteiger partial charge is 0.209 e. The fourth-order valence-electron chi connectivity index (χ4n) is 2.51. The van der Waals surface area contributed by atoms with Crippen LogP contribution >= 0.6 is 0 Å². The van der Waals surface area contributed by atoms with Crippen LogP contribution in [0.1, 0.15) is 25.7 Å². The van der Waals surface area contributed by atoms with Gasteiger partial charge in [-0.15, -0.1) is 0 Å². The molecule has 3 aromatic rings. The van der Waals surface area contributed by atoms with Gasteiger partial charge in [0.05, 0.1) is 6.54 Å².